The van der Waals surface area contributed by atoms with Crippen molar-refractivity contribution in [3.05, 3.63) is 44.7 Å². The number of hydrogen-bond donors (Lipinski definition) is 1. The number of hydrogen-bond acceptors (Lipinski definition) is 7. The molecule has 0 bridgehead atoms. The van der Waals surface area contributed by atoms with Crippen LogP contribution in [-0.2, 0) is 9.53 Å². The highest BCUT2D eigenvalue weighted by atomic mass is 32.2. The van der Waals surface area contributed by atoms with Crippen molar-refractivity contribution in [3.63, 3.8) is 0 Å². The number of pyridine rings is 1. The summed E-state index contributed by atoms with van der Waals surface area (Å²) in [5.74, 6) is 0.321. The van der Waals surface area contributed by atoms with Gasteiger partial charge in [0.25, 0.3) is 11.5 Å². The summed E-state index contributed by atoms with van der Waals surface area (Å²) in [5.41, 5.74) is 1.63. The van der Waals surface area contributed by atoms with Gasteiger partial charge in [0, 0.05) is 25.9 Å². The van der Waals surface area contributed by atoms with Crippen LogP contribution in [0.15, 0.2) is 28.0 Å². The van der Waals surface area contributed by atoms with E-state index in [9.17, 15) is 9.59 Å². The fourth-order valence-corrected chi connectivity index (χ4v) is 4.81. The SMILES string of the molecule is CCCCCN1C(=O)/C(=C/c2c(NCCCOC(C)C)nc3c(C)cccn3c2=O)SC1=S. The molecular weight excluding hydrogens is 456 g/mol. The van der Waals surface area contributed by atoms with Crippen LogP contribution in [0.2, 0.25) is 0 Å². The number of unbranched alkanes of at least 4 members (excludes halogenated alkanes) is 2. The van der Waals surface area contributed by atoms with Crippen LogP contribution in [0.4, 0.5) is 5.82 Å². The summed E-state index contributed by atoms with van der Waals surface area (Å²) >= 11 is 6.68. The van der Waals surface area contributed by atoms with Crippen LogP contribution < -0.4 is 10.9 Å². The van der Waals surface area contributed by atoms with Crippen LogP contribution in [-0.4, -0.2) is 50.3 Å². The van der Waals surface area contributed by atoms with Crippen molar-refractivity contribution in [1.29, 1.82) is 0 Å². The third-order valence-electron chi connectivity index (χ3n) is 5.28. The number of thioether (sulfide) groups is 1. The Morgan fingerprint density at radius 2 is 2.06 bits per heavy atom. The molecule has 178 valence electrons. The van der Waals surface area contributed by atoms with E-state index in [0.717, 1.165) is 31.2 Å². The minimum absolute atomic E-state index is 0.147. The Morgan fingerprint density at radius 3 is 2.79 bits per heavy atom. The fraction of sp³-hybridized carbons (Fsp3) is 0.500. The molecule has 3 rings (SSSR count). The van der Waals surface area contributed by atoms with Crippen LogP contribution in [0.25, 0.3) is 11.7 Å². The first kappa shape index (κ1) is 25.4. The molecule has 1 fully saturated rings. The first-order valence-corrected chi connectivity index (χ1v) is 12.7. The molecule has 1 aliphatic heterocycles. The molecule has 0 unspecified atom stereocenters. The number of anilines is 1. The summed E-state index contributed by atoms with van der Waals surface area (Å²) in [7, 11) is 0. The van der Waals surface area contributed by atoms with E-state index in [1.165, 1.54) is 16.2 Å². The average molecular weight is 489 g/mol. The normalized spacial score (nSPS) is 15.4. The number of carbonyl (C=O) groups excluding carboxylic acids is 1. The largest absolute Gasteiger partial charge is 0.379 e. The van der Waals surface area contributed by atoms with Crippen LogP contribution in [0.5, 0.6) is 0 Å². The van der Waals surface area contributed by atoms with Crippen molar-refractivity contribution in [2.45, 2.75) is 59.5 Å². The number of carbonyl (C=O) groups is 1. The van der Waals surface area contributed by atoms with E-state index in [1.54, 1.807) is 17.2 Å². The van der Waals surface area contributed by atoms with Gasteiger partial charge in [0.2, 0.25) is 0 Å². The molecule has 0 atom stereocenters. The Kier molecular flexibility index (Phi) is 9.05. The molecule has 3 heterocycles. The average Bonchev–Trinajstić information content (AvgIpc) is 3.04. The Balaban J connectivity index is 1.93. The van der Waals surface area contributed by atoms with E-state index >= 15 is 0 Å². The lowest BCUT2D eigenvalue weighted by molar-refractivity contribution is -0.122. The van der Waals surface area contributed by atoms with Gasteiger partial charge >= 0.3 is 0 Å². The molecule has 0 spiro atoms. The molecule has 0 saturated carbocycles. The van der Waals surface area contributed by atoms with Crippen molar-refractivity contribution >= 4 is 51.7 Å². The Morgan fingerprint density at radius 1 is 1.27 bits per heavy atom. The predicted molar refractivity (Wildman–Crippen MR) is 140 cm³/mol. The highest BCUT2D eigenvalue weighted by Gasteiger charge is 2.32. The molecule has 2 aromatic heterocycles. The Hall–Kier alpha value is -2.23. The van der Waals surface area contributed by atoms with Gasteiger partial charge in [-0.1, -0.05) is 49.8 Å². The van der Waals surface area contributed by atoms with E-state index in [4.69, 9.17) is 21.9 Å². The molecule has 1 N–H and O–H groups in total. The number of nitrogens with one attached hydrogen (secondary N) is 1. The maximum atomic E-state index is 13.4. The van der Waals surface area contributed by atoms with Crippen LogP contribution in [0.3, 0.4) is 0 Å². The summed E-state index contributed by atoms with van der Waals surface area (Å²) in [6.45, 7) is 9.85. The number of fused-ring (bicyclic) bond motifs is 1. The van der Waals surface area contributed by atoms with E-state index in [0.29, 0.717) is 46.0 Å². The lowest BCUT2D eigenvalue weighted by Crippen LogP contribution is -2.29. The summed E-state index contributed by atoms with van der Waals surface area (Å²) in [6.07, 6.45) is 7.29. The smallest absolute Gasteiger partial charge is 0.267 e. The zero-order chi connectivity index (χ0) is 24.0. The fourth-order valence-electron chi connectivity index (χ4n) is 3.52. The van der Waals surface area contributed by atoms with Gasteiger partial charge in [0.15, 0.2) is 0 Å². The third kappa shape index (κ3) is 6.22. The second kappa shape index (κ2) is 11.8. The molecule has 9 heteroatoms. The van der Waals surface area contributed by atoms with Gasteiger partial charge < -0.3 is 10.1 Å². The van der Waals surface area contributed by atoms with Gasteiger partial charge in [-0.05, 0) is 51.3 Å². The number of aromatic nitrogens is 2. The minimum Gasteiger partial charge on any atom is -0.379 e. The van der Waals surface area contributed by atoms with E-state index in [1.807, 2.05) is 32.9 Å². The molecular formula is C24H32N4O3S2. The molecule has 1 amide bonds. The first-order valence-electron chi connectivity index (χ1n) is 11.5. The number of ether oxygens (including phenoxy) is 1. The molecule has 1 aliphatic rings. The first-order chi connectivity index (χ1) is 15.8. The second-order valence-electron chi connectivity index (χ2n) is 8.30. The van der Waals surface area contributed by atoms with E-state index in [2.05, 4.69) is 12.2 Å². The van der Waals surface area contributed by atoms with Gasteiger partial charge in [-0.15, -0.1) is 0 Å². The number of rotatable bonds is 11. The zero-order valence-corrected chi connectivity index (χ0v) is 21.4. The van der Waals surface area contributed by atoms with Crippen molar-refractivity contribution < 1.29 is 9.53 Å². The van der Waals surface area contributed by atoms with Gasteiger partial charge in [-0.2, -0.15) is 0 Å². The zero-order valence-electron chi connectivity index (χ0n) is 19.7. The number of aryl methyl sites for hydroxylation is 1. The Labute approximate surface area is 204 Å². The molecule has 7 nitrogen and oxygen atoms in total. The van der Waals surface area contributed by atoms with Gasteiger partial charge in [0.1, 0.15) is 15.8 Å². The van der Waals surface area contributed by atoms with Crippen LogP contribution >= 0.6 is 24.0 Å². The minimum atomic E-state index is -0.221. The van der Waals surface area contributed by atoms with Gasteiger partial charge in [-0.25, -0.2) is 4.98 Å². The summed E-state index contributed by atoms with van der Waals surface area (Å²) < 4.78 is 7.66. The maximum Gasteiger partial charge on any atom is 0.267 e. The summed E-state index contributed by atoms with van der Waals surface area (Å²) in [4.78, 5) is 33.2. The monoisotopic (exact) mass is 488 g/mol. The Bertz CT molecular complexity index is 1110. The van der Waals surface area contributed by atoms with Gasteiger partial charge in [0.05, 0.1) is 16.6 Å². The topological polar surface area (TPSA) is 75.9 Å². The quantitative estimate of drug-likeness (QED) is 0.281. The number of thiocarbonyl (C=S) groups is 1. The van der Waals surface area contributed by atoms with Crippen molar-refractivity contribution in [3.8, 4) is 0 Å². The number of amides is 1. The second-order valence-corrected chi connectivity index (χ2v) is 9.98. The molecule has 33 heavy (non-hydrogen) atoms. The van der Waals surface area contributed by atoms with Crippen LogP contribution in [0, 0.1) is 6.92 Å². The standard InChI is InChI=1S/C24H32N4O3S2/c1-5-6-7-12-28-23(30)19(33-24(28)32)15-18-20(25-11-9-14-31-16(2)3)26-21-17(4)10-8-13-27(21)22(18)29/h8,10,13,15-16,25H,5-7,9,11-12,14H2,1-4H3/b19-15-. The molecule has 1 saturated heterocycles. The van der Waals surface area contributed by atoms with Gasteiger partial charge in [-0.3, -0.25) is 18.9 Å². The lowest BCUT2D eigenvalue weighted by atomic mass is 10.2. The van der Waals surface area contributed by atoms with Crippen molar-refractivity contribution in [2.75, 3.05) is 25.0 Å². The molecule has 0 aromatic carbocycles. The molecule has 0 aliphatic carbocycles. The number of nitrogens with zero attached hydrogens (tertiary/aromatic N) is 3. The maximum absolute atomic E-state index is 13.4. The highest BCUT2D eigenvalue weighted by Crippen LogP contribution is 2.33. The third-order valence-corrected chi connectivity index (χ3v) is 6.66. The predicted octanol–water partition coefficient (Wildman–Crippen LogP) is 4.62. The van der Waals surface area contributed by atoms with Crippen molar-refractivity contribution in [1.82, 2.24) is 14.3 Å². The van der Waals surface area contributed by atoms with Crippen molar-refractivity contribution in [2.24, 2.45) is 0 Å². The molecule has 0 radical (unpaired) electrons. The summed E-state index contributed by atoms with van der Waals surface area (Å²) in [6, 6.07) is 3.74. The summed E-state index contributed by atoms with van der Waals surface area (Å²) in [5, 5.41) is 3.28. The van der Waals surface area contributed by atoms with E-state index in [-0.39, 0.29) is 17.6 Å². The van der Waals surface area contributed by atoms with E-state index < -0.39 is 0 Å². The lowest BCUT2D eigenvalue weighted by Gasteiger charge is -2.14. The molecule has 2 aromatic rings. The van der Waals surface area contributed by atoms with Crippen LogP contribution in [0.1, 0.15) is 57.6 Å². The highest BCUT2D eigenvalue weighted by molar-refractivity contribution is 8.26.